The fourth-order valence-corrected chi connectivity index (χ4v) is 3.85. The van der Waals surface area contributed by atoms with Gasteiger partial charge in [0.05, 0.1) is 24.2 Å². The minimum atomic E-state index is -3.54. The molecule has 2 heterocycles. The topological polar surface area (TPSA) is 73.2 Å². The lowest BCUT2D eigenvalue weighted by Crippen LogP contribution is -2.27. The standard InChI is InChI=1S/C16H17N3O3S2/c1-22-14-2-4-15(5-3-14)24(20,21)17-8-10-19-9-6-16(18-19)13-7-11-23-12-13/h2-7,9,11-12,17H,8,10H2,1H3. The van der Waals surface area contributed by atoms with Gasteiger partial charge in [0.15, 0.2) is 0 Å². The van der Waals surface area contributed by atoms with Gasteiger partial charge in [0, 0.05) is 23.7 Å². The summed E-state index contributed by atoms with van der Waals surface area (Å²) in [5.74, 6) is 0.617. The highest BCUT2D eigenvalue weighted by atomic mass is 32.2. The van der Waals surface area contributed by atoms with Crippen molar-refractivity contribution < 1.29 is 13.2 Å². The zero-order chi connectivity index (χ0) is 17.0. The highest BCUT2D eigenvalue weighted by Gasteiger charge is 2.13. The van der Waals surface area contributed by atoms with Crippen LogP contribution < -0.4 is 9.46 Å². The van der Waals surface area contributed by atoms with Crippen LogP contribution in [-0.4, -0.2) is 31.9 Å². The molecule has 126 valence electrons. The SMILES string of the molecule is COc1ccc(S(=O)(=O)NCCn2ccc(-c3ccsc3)n2)cc1. The molecule has 24 heavy (non-hydrogen) atoms. The van der Waals surface area contributed by atoms with E-state index in [0.717, 1.165) is 11.3 Å². The van der Waals surface area contributed by atoms with Crippen LogP contribution in [0.1, 0.15) is 0 Å². The highest BCUT2D eigenvalue weighted by molar-refractivity contribution is 7.89. The molecular formula is C16H17N3O3S2. The van der Waals surface area contributed by atoms with Crippen LogP contribution in [0.2, 0.25) is 0 Å². The molecule has 0 aliphatic rings. The van der Waals surface area contributed by atoms with Crippen LogP contribution in [0, 0.1) is 0 Å². The van der Waals surface area contributed by atoms with Gasteiger partial charge >= 0.3 is 0 Å². The number of methoxy groups -OCH3 is 1. The van der Waals surface area contributed by atoms with Crippen LogP contribution in [0.25, 0.3) is 11.3 Å². The zero-order valence-corrected chi connectivity index (χ0v) is 14.7. The molecule has 0 aliphatic heterocycles. The second-order valence-corrected chi connectivity index (χ2v) is 7.60. The number of aromatic nitrogens is 2. The molecule has 0 saturated heterocycles. The van der Waals surface area contributed by atoms with E-state index in [9.17, 15) is 8.42 Å². The molecule has 8 heteroatoms. The van der Waals surface area contributed by atoms with Gasteiger partial charge in [-0.2, -0.15) is 16.4 Å². The first-order valence-electron chi connectivity index (χ1n) is 7.28. The molecule has 3 rings (SSSR count). The van der Waals surface area contributed by atoms with E-state index in [2.05, 4.69) is 9.82 Å². The maximum absolute atomic E-state index is 12.2. The van der Waals surface area contributed by atoms with Gasteiger partial charge in [-0.15, -0.1) is 0 Å². The van der Waals surface area contributed by atoms with Gasteiger partial charge in [0.1, 0.15) is 5.75 Å². The van der Waals surface area contributed by atoms with Crippen molar-refractivity contribution in [1.82, 2.24) is 14.5 Å². The van der Waals surface area contributed by atoms with Crippen molar-refractivity contribution in [2.45, 2.75) is 11.4 Å². The lowest BCUT2D eigenvalue weighted by molar-refractivity contribution is 0.414. The third-order valence-electron chi connectivity index (χ3n) is 3.46. The summed E-state index contributed by atoms with van der Waals surface area (Å²) in [6.07, 6.45) is 1.84. The average molecular weight is 363 g/mol. The fourth-order valence-electron chi connectivity index (χ4n) is 2.18. The normalized spacial score (nSPS) is 11.5. The Morgan fingerprint density at radius 1 is 1.21 bits per heavy atom. The number of thiophene rings is 1. The monoisotopic (exact) mass is 363 g/mol. The third kappa shape index (κ3) is 3.84. The van der Waals surface area contributed by atoms with E-state index in [-0.39, 0.29) is 11.4 Å². The molecule has 0 bridgehead atoms. The Balaban J connectivity index is 1.59. The average Bonchev–Trinajstić information content (AvgIpc) is 3.26. The van der Waals surface area contributed by atoms with Gasteiger partial charge in [-0.3, -0.25) is 4.68 Å². The van der Waals surface area contributed by atoms with Crippen LogP contribution in [0.4, 0.5) is 0 Å². The van der Waals surface area contributed by atoms with E-state index in [4.69, 9.17) is 4.74 Å². The maximum Gasteiger partial charge on any atom is 0.240 e. The van der Waals surface area contributed by atoms with Crippen molar-refractivity contribution in [3.05, 3.63) is 53.4 Å². The number of rotatable bonds is 7. The van der Waals surface area contributed by atoms with E-state index in [0.29, 0.717) is 12.3 Å². The van der Waals surface area contributed by atoms with Crippen molar-refractivity contribution in [2.75, 3.05) is 13.7 Å². The molecule has 0 aliphatic carbocycles. The molecule has 0 unspecified atom stereocenters. The highest BCUT2D eigenvalue weighted by Crippen LogP contribution is 2.19. The fraction of sp³-hybridized carbons (Fsp3) is 0.188. The Morgan fingerprint density at radius 2 is 2.00 bits per heavy atom. The largest absolute Gasteiger partial charge is 0.497 e. The van der Waals surface area contributed by atoms with Crippen LogP contribution in [0.15, 0.2) is 58.3 Å². The van der Waals surface area contributed by atoms with Crippen molar-refractivity contribution in [2.24, 2.45) is 0 Å². The lowest BCUT2D eigenvalue weighted by Gasteiger charge is -2.07. The minimum absolute atomic E-state index is 0.211. The number of hydrogen-bond donors (Lipinski definition) is 1. The second-order valence-electron chi connectivity index (χ2n) is 5.05. The van der Waals surface area contributed by atoms with Crippen LogP contribution in [0.3, 0.4) is 0 Å². The number of nitrogens with zero attached hydrogens (tertiary/aromatic N) is 2. The van der Waals surface area contributed by atoms with Gasteiger partial charge in [-0.05, 0) is 41.8 Å². The number of hydrogen-bond acceptors (Lipinski definition) is 5. The van der Waals surface area contributed by atoms with Crippen molar-refractivity contribution in [1.29, 1.82) is 0 Å². The molecule has 2 aromatic heterocycles. The molecule has 6 nitrogen and oxygen atoms in total. The van der Waals surface area contributed by atoms with Crippen LogP contribution in [0.5, 0.6) is 5.75 Å². The molecule has 0 fully saturated rings. The first-order valence-corrected chi connectivity index (χ1v) is 9.71. The number of benzene rings is 1. The van der Waals surface area contributed by atoms with Gasteiger partial charge < -0.3 is 4.74 Å². The Bertz CT molecular complexity index is 885. The molecule has 0 spiro atoms. The van der Waals surface area contributed by atoms with E-state index in [1.54, 1.807) is 28.2 Å². The number of ether oxygens (including phenoxy) is 1. The van der Waals surface area contributed by atoms with Crippen molar-refractivity contribution in [3.8, 4) is 17.0 Å². The quantitative estimate of drug-likeness (QED) is 0.700. The molecule has 0 amide bonds. The van der Waals surface area contributed by atoms with E-state index in [1.807, 2.05) is 29.1 Å². The van der Waals surface area contributed by atoms with E-state index >= 15 is 0 Å². The summed E-state index contributed by atoms with van der Waals surface area (Å²) in [5.41, 5.74) is 1.95. The van der Waals surface area contributed by atoms with Gasteiger partial charge in [0.2, 0.25) is 10.0 Å². The summed E-state index contributed by atoms with van der Waals surface area (Å²) in [4.78, 5) is 0.211. The zero-order valence-electron chi connectivity index (χ0n) is 13.0. The summed E-state index contributed by atoms with van der Waals surface area (Å²) in [5, 5.41) is 8.46. The smallest absolute Gasteiger partial charge is 0.240 e. The van der Waals surface area contributed by atoms with Crippen LogP contribution in [-0.2, 0) is 16.6 Å². The summed E-state index contributed by atoms with van der Waals surface area (Å²) in [6, 6.07) is 10.2. The first-order chi connectivity index (χ1) is 11.6. The van der Waals surface area contributed by atoms with E-state index < -0.39 is 10.0 Å². The number of nitrogens with one attached hydrogen (secondary N) is 1. The molecule has 1 aromatic carbocycles. The van der Waals surface area contributed by atoms with Gasteiger partial charge in [-0.25, -0.2) is 13.1 Å². The van der Waals surface area contributed by atoms with Crippen LogP contribution >= 0.6 is 11.3 Å². The van der Waals surface area contributed by atoms with Crippen molar-refractivity contribution in [3.63, 3.8) is 0 Å². The first kappa shape index (κ1) is 16.7. The summed E-state index contributed by atoms with van der Waals surface area (Å²) in [7, 11) is -2.00. The third-order valence-corrected chi connectivity index (χ3v) is 5.62. The predicted octanol–water partition coefficient (Wildman–Crippen LogP) is 2.60. The maximum atomic E-state index is 12.2. The predicted molar refractivity (Wildman–Crippen MR) is 93.7 cm³/mol. The van der Waals surface area contributed by atoms with Gasteiger partial charge in [0.25, 0.3) is 0 Å². The molecule has 0 radical (unpaired) electrons. The Kier molecular flexibility index (Phi) is 4.98. The Hall–Kier alpha value is -2.16. The van der Waals surface area contributed by atoms with E-state index in [1.165, 1.54) is 19.2 Å². The molecule has 0 saturated carbocycles. The Labute approximate surface area is 144 Å². The minimum Gasteiger partial charge on any atom is -0.497 e. The molecule has 0 atom stereocenters. The molecular weight excluding hydrogens is 346 g/mol. The summed E-state index contributed by atoms with van der Waals surface area (Å²) < 4.78 is 33.8. The number of sulfonamides is 1. The second kappa shape index (κ2) is 7.16. The molecule has 1 N–H and O–H groups in total. The Morgan fingerprint density at radius 3 is 2.67 bits per heavy atom. The molecule has 3 aromatic rings. The lowest BCUT2D eigenvalue weighted by atomic mass is 10.2. The summed E-state index contributed by atoms with van der Waals surface area (Å²) in [6.45, 7) is 0.721. The summed E-state index contributed by atoms with van der Waals surface area (Å²) >= 11 is 1.62. The van der Waals surface area contributed by atoms with Gasteiger partial charge in [-0.1, -0.05) is 0 Å². The van der Waals surface area contributed by atoms with Crippen molar-refractivity contribution >= 4 is 21.4 Å².